The lowest BCUT2D eigenvalue weighted by atomic mass is 9.84. The number of carbonyl (C=O) groups is 6. The van der Waals surface area contributed by atoms with E-state index in [-0.39, 0.29) is 35.4 Å². The van der Waals surface area contributed by atoms with Crippen molar-refractivity contribution in [3.8, 4) is 0 Å². The summed E-state index contributed by atoms with van der Waals surface area (Å²) in [5.74, 6) is -2.91. The van der Waals surface area contributed by atoms with Gasteiger partial charge in [0.25, 0.3) is 11.8 Å². The van der Waals surface area contributed by atoms with Crippen LogP contribution < -0.4 is 21.3 Å². The number of hydrogen-bond donors (Lipinski definition) is 4. The fourth-order valence-corrected chi connectivity index (χ4v) is 8.12. The first kappa shape index (κ1) is 35.4. The van der Waals surface area contributed by atoms with Gasteiger partial charge >= 0.3 is 0 Å². The fourth-order valence-electron chi connectivity index (χ4n) is 8.12. The summed E-state index contributed by atoms with van der Waals surface area (Å²) in [4.78, 5) is 91.2. The van der Waals surface area contributed by atoms with Crippen LogP contribution in [0, 0.1) is 29.1 Å². The summed E-state index contributed by atoms with van der Waals surface area (Å²) in [5, 5.41) is 11.4. The van der Waals surface area contributed by atoms with Gasteiger partial charge in [0.05, 0.1) is 12.2 Å². The van der Waals surface area contributed by atoms with Crippen molar-refractivity contribution >= 4 is 35.3 Å². The van der Waals surface area contributed by atoms with Crippen molar-refractivity contribution in [2.24, 2.45) is 29.1 Å². The highest BCUT2D eigenvalue weighted by Gasteiger charge is 2.55. The van der Waals surface area contributed by atoms with E-state index in [2.05, 4.69) is 31.2 Å². The Morgan fingerprint density at radius 2 is 1.73 bits per heavy atom. The van der Waals surface area contributed by atoms with E-state index in [1.165, 1.54) is 18.6 Å². The van der Waals surface area contributed by atoms with Crippen LogP contribution >= 0.6 is 0 Å². The molecule has 2 aliphatic heterocycles. The largest absolute Gasteiger partial charge is 0.347 e. The summed E-state index contributed by atoms with van der Waals surface area (Å²) < 4.78 is 0. The molecule has 4 N–H and O–H groups in total. The first-order valence-corrected chi connectivity index (χ1v) is 17.6. The molecule has 48 heavy (non-hydrogen) atoms. The van der Waals surface area contributed by atoms with Crippen LogP contribution in [0.1, 0.15) is 103 Å². The van der Waals surface area contributed by atoms with Crippen LogP contribution in [0.25, 0.3) is 0 Å². The van der Waals surface area contributed by atoms with Gasteiger partial charge in [0.15, 0.2) is 0 Å². The first-order valence-electron chi connectivity index (χ1n) is 17.6. The van der Waals surface area contributed by atoms with Gasteiger partial charge in [-0.05, 0) is 81.0 Å². The molecule has 2 bridgehead atoms. The third-order valence-electron chi connectivity index (χ3n) is 10.9. The molecule has 8 atom stereocenters. The Bertz CT molecular complexity index is 1390. The lowest BCUT2D eigenvalue weighted by Gasteiger charge is -2.37. The number of fused-ring (bicyclic) bond motifs is 1. The Labute approximate surface area is 282 Å². The lowest BCUT2D eigenvalue weighted by Crippen LogP contribution is -2.62. The molecule has 5 amide bonds. The van der Waals surface area contributed by atoms with Gasteiger partial charge in [-0.15, -0.1) is 0 Å². The third kappa shape index (κ3) is 7.70. The molecule has 1 unspecified atom stereocenters. The molecule has 1 aromatic heterocycles. The van der Waals surface area contributed by atoms with Crippen molar-refractivity contribution < 1.29 is 28.8 Å². The molecule has 2 saturated heterocycles. The molecule has 0 aromatic carbocycles. The number of rotatable bonds is 10. The van der Waals surface area contributed by atoms with E-state index in [9.17, 15) is 28.8 Å². The van der Waals surface area contributed by atoms with Crippen LogP contribution in [0.15, 0.2) is 18.6 Å². The molecule has 5 rings (SSSR count). The van der Waals surface area contributed by atoms with E-state index >= 15 is 0 Å². The van der Waals surface area contributed by atoms with Crippen LogP contribution in [0.2, 0.25) is 0 Å². The second-order valence-corrected chi connectivity index (χ2v) is 15.4. The number of nitrogens with one attached hydrogen (secondary N) is 4. The van der Waals surface area contributed by atoms with Gasteiger partial charge in [0.1, 0.15) is 23.8 Å². The van der Waals surface area contributed by atoms with Gasteiger partial charge in [-0.1, -0.05) is 40.5 Å². The highest BCUT2D eigenvalue weighted by molar-refractivity contribution is 6.38. The highest BCUT2D eigenvalue weighted by Crippen LogP contribution is 2.48. The van der Waals surface area contributed by atoms with Crippen LogP contribution in [-0.2, 0) is 24.0 Å². The predicted octanol–water partition coefficient (Wildman–Crippen LogP) is 1.91. The zero-order chi connectivity index (χ0) is 34.7. The number of amides is 5. The molecule has 3 heterocycles. The van der Waals surface area contributed by atoms with Gasteiger partial charge in [-0.3, -0.25) is 33.8 Å². The van der Waals surface area contributed by atoms with Crippen molar-refractivity contribution in [1.29, 1.82) is 0 Å². The Morgan fingerprint density at radius 3 is 2.38 bits per heavy atom. The summed E-state index contributed by atoms with van der Waals surface area (Å²) in [5.41, 5.74) is -0.636. The predicted molar refractivity (Wildman–Crippen MR) is 176 cm³/mol. The standard InChI is InChI=1S/C35H51N7O6/c1-6-19(2)38-33(47)28(43)24-12-11-20-15-22-18-42(27(23(22)16-20)32(46)39-24)34(48)29(35(3,4)5)41-31(45)26(21-9-7-8-10-21)40-30(44)25-17-36-13-14-37-25/h13-14,17,19-24,26-27,29H,6-12,15-16,18H2,1-5H3,(H,38,47)(H,39,46)(H,40,44)(H,41,45)/t19-,20?,22-,23-,24-,26-,27-,29+/m0/s1. The van der Waals surface area contributed by atoms with Crippen molar-refractivity contribution in [3.63, 3.8) is 0 Å². The molecule has 4 fully saturated rings. The van der Waals surface area contributed by atoms with Gasteiger partial charge in [0, 0.05) is 25.0 Å². The van der Waals surface area contributed by atoms with E-state index < -0.39 is 59.0 Å². The minimum atomic E-state index is -0.990. The van der Waals surface area contributed by atoms with E-state index in [1.54, 1.807) is 4.90 Å². The van der Waals surface area contributed by atoms with Crippen molar-refractivity contribution in [2.75, 3.05) is 6.54 Å². The van der Waals surface area contributed by atoms with Gasteiger partial charge in [0.2, 0.25) is 23.5 Å². The summed E-state index contributed by atoms with van der Waals surface area (Å²) in [6.07, 6.45) is 11.0. The van der Waals surface area contributed by atoms with Crippen LogP contribution in [0.5, 0.6) is 0 Å². The second kappa shape index (κ2) is 14.7. The van der Waals surface area contributed by atoms with Gasteiger partial charge in [-0.25, -0.2) is 4.98 Å². The van der Waals surface area contributed by atoms with E-state index in [0.29, 0.717) is 31.7 Å². The number of likely N-dealkylation sites (tertiary alicyclic amines) is 1. The summed E-state index contributed by atoms with van der Waals surface area (Å²) in [6, 6.07) is -3.83. The zero-order valence-electron chi connectivity index (χ0n) is 28.8. The van der Waals surface area contributed by atoms with E-state index in [4.69, 9.17) is 0 Å². The zero-order valence-corrected chi connectivity index (χ0v) is 28.8. The number of nitrogens with zero attached hydrogens (tertiary/aromatic N) is 3. The second-order valence-electron chi connectivity index (χ2n) is 15.4. The summed E-state index contributed by atoms with van der Waals surface area (Å²) in [6.45, 7) is 9.69. The fraction of sp³-hybridized carbons (Fsp3) is 0.714. The Morgan fingerprint density at radius 1 is 1.00 bits per heavy atom. The van der Waals surface area contributed by atoms with Crippen LogP contribution in [0.4, 0.5) is 0 Å². The van der Waals surface area contributed by atoms with E-state index in [1.807, 2.05) is 34.6 Å². The average molecular weight is 666 g/mol. The summed E-state index contributed by atoms with van der Waals surface area (Å²) in [7, 11) is 0. The Hall–Kier alpha value is -3.90. The smallest absolute Gasteiger partial charge is 0.289 e. The van der Waals surface area contributed by atoms with Gasteiger partial charge < -0.3 is 26.2 Å². The summed E-state index contributed by atoms with van der Waals surface area (Å²) >= 11 is 0. The SMILES string of the molecule is CC[C@H](C)NC(=O)C(=O)[C@@H]1CCC2C[C@H]3CN(C(=O)[C@@H](NC(=O)[C@@H](NC(=O)c4cnccn4)C4CCCC4)C(C)(C)C)[C@H](C(=O)N1)[C@H]3C2. The topological polar surface area (TPSA) is 180 Å². The molecule has 13 heteroatoms. The molecule has 13 nitrogen and oxygen atoms in total. The Balaban J connectivity index is 1.36. The minimum Gasteiger partial charge on any atom is -0.347 e. The quantitative estimate of drug-likeness (QED) is 0.274. The molecule has 262 valence electrons. The molecule has 2 saturated carbocycles. The maximum atomic E-state index is 14.5. The number of aromatic nitrogens is 2. The molecule has 2 aliphatic carbocycles. The monoisotopic (exact) mass is 665 g/mol. The average Bonchev–Trinajstić information content (AvgIpc) is 3.80. The number of carbonyl (C=O) groups excluding carboxylic acids is 6. The minimum absolute atomic E-state index is 0.0735. The number of hydrogen-bond acceptors (Lipinski definition) is 8. The molecular weight excluding hydrogens is 614 g/mol. The molecule has 0 radical (unpaired) electrons. The van der Waals surface area contributed by atoms with Crippen molar-refractivity contribution in [2.45, 2.75) is 123 Å². The molecule has 0 spiro atoms. The number of ketones is 1. The highest BCUT2D eigenvalue weighted by atomic mass is 16.2. The first-order chi connectivity index (χ1) is 22.8. The Kier molecular flexibility index (Phi) is 10.8. The third-order valence-corrected chi connectivity index (χ3v) is 10.9. The lowest BCUT2D eigenvalue weighted by molar-refractivity contribution is -0.146. The van der Waals surface area contributed by atoms with Crippen molar-refractivity contribution in [3.05, 3.63) is 24.3 Å². The molecular formula is C35H51N7O6. The van der Waals surface area contributed by atoms with E-state index in [0.717, 1.165) is 38.5 Å². The maximum Gasteiger partial charge on any atom is 0.289 e. The number of Topliss-reactive ketones (excluding diaryl/α,β-unsaturated/α-hetero) is 1. The van der Waals surface area contributed by atoms with Crippen molar-refractivity contribution in [1.82, 2.24) is 36.1 Å². The van der Waals surface area contributed by atoms with Crippen LogP contribution in [0.3, 0.4) is 0 Å². The van der Waals surface area contributed by atoms with Crippen LogP contribution in [-0.4, -0.2) is 86.9 Å². The van der Waals surface area contributed by atoms with Gasteiger partial charge in [-0.2, -0.15) is 0 Å². The molecule has 1 aromatic rings. The molecule has 4 aliphatic rings. The maximum absolute atomic E-state index is 14.5. The normalized spacial score (nSPS) is 27.5.